The van der Waals surface area contributed by atoms with Gasteiger partial charge in [0.2, 0.25) is 6.79 Å². The maximum Gasteiger partial charge on any atom is 0.231 e. The molecule has 2 aliphatic rings. The highest BCUT2D eigenvalue weighted by Crippen LogP contribution is 2.34. The molecule has 1 aromatic carbocycles. The number of hydrogen-bond donors (Lipinski definition) is 2. The normalized spacial score (nSPS) is 21.5. The SMILES string of the molecule is Cc1cc2c(cc1CNCC1CCNC1)OCO2. The van der Waals surface area contributed by atoms with E-state index >= 15 is 0 Å². The lowest BCUT2D eigenvalue weighted by Crippen LogP contribution is -2.24. The van der Waals surface area contributed by atoms with Crippen LogP contribution < -0.4 is 20.1 Å². The maximum atomic E-state index is 5.41. The molecule has 0 radical (unpaired) electrons. The van der Waals surface area contributed by atoms with Gasteiger partial charge in [-0.15, -0.1) is 0 Å². The zero-order valence-corrected chi connectivity index (χ0v) is 10.8. The quantitative estimate of drug-likeness (QED) is 0.846. The second-order valence-electron chi connectivity index (χ2n) is 5.12. The molecule has 0 amide bonds. The molecule has 0 spiro atoms. The number of rotatable bonds is 4. The summed E-state index contributed by atoms with van der Waals surface area (Å²) in [7, 11) is 0. The van der Waals surface area contributed by atoms with E-state index in [1.807, 2.05) is 0 Å². The predicted molar refractivity (Wildman–Crippen MR) is 70.0 cm³/mol. The second kappa shape index (κ2) is 5.16. The van der Waals surface area contributed by atoms with Crippen LogP contribution in [0.2, 0.25) is 0 Å². The first kappa shape index (κ1) is 11.8. The molecule has 0 aliphatic carbocycles. The summed E-state index contributed by atoms with van der Waals surface area (Å²) in [5.41, 5.74) is 2.56. The van der Waals surface area contributed by atoms with Gasteiger partial charge in [-0.3, -0.25) is 0 Å². The standard InChI is InChI=1S/C14H20N2O2/c1-10-4-13-14(18-9-17-13)5-12(10)8-16-7-11-2-3-15-6-11/h4-5,11,15-16H,2-3,6-9H2,1H3. The summed E-state index contributed by atoms with van der Waals surface area (Å²) in [6.45, 7) is 6.76. The summed E-state index contributed by atoms with van der Waals surface area (Å²) in [6, 6.07) is 4.16. The van der Waals surface area contributed by atoms with E-state index in [4.69, 9.17) is 9.47 Å². The Morgan fingerprint density at radius 2 is 2.17 bits per heavy atom. The van der Waals surface area contributed by atoms with Gasteiger partial charge in [-0.1, -0.05) is 0 Å². The van der Waals surface area contributed by atoms with Gasteiger partial charge in [0.05, 0.1) is 0 Å². The fourth-order valence-electron chi connectivity index (χ4n) is 2.58. The van der Waals surface area contributed by atoms with Crippen molar-refractivity contribution in [2.75, 3.05) is 26.4 Å². The molecule has 1 aromatic rings. The average molecular weight is 248 g/mol. The van der Waals surface area contributed by atoms with Crippen molar-refractivity contribution in [2.45, 2.75) is 19.9 Å². The molecule has 0 saturated carbocycles. The fourth-order valence-corrected chi connectivity index (χ4v) is 2.58. The molecule has 4 nitrogen and oxygen atoms in total. The maximum absolute atomic E-state index is 5.41. The van der Waals surface area contributed by atoms with Crippen LogP contribution in [-0.4, -0.2) is 26.4 Å². The van der Waals surface area contributed by atoms with Crippen molar-refractivity contribution >= 4 is 0 Å². The van der Waals surface area contributed by atoms with Gasteiger partial charge in [-0.05, 0) is 62.2 Å². The second-order valence-corrected chi connectivity index (χ2v) is 5.12. The first-order valence-corrected chi connectivity index (χ1v) is 6.63. The number of nitrogens with one attached hydrogen (secondary N) is 2. The van der Waals surface area contributed by atoms with Gasteiger partial charge in [0.15, 0.2) is 11.5 Å². The van der Waals surface area contributed by atoms with E-state index in [0.29, 0.717) is 6.79 Å². The van der Waals surface area contributed by atoms with Crippen molar-refractivity contribution in [1.29, 1.82) is 0 Å². The first-order chi connectivity index (χ1) is 8.83. The van der Waals surface area contributed by atoms with E-state index in [1.54, 1.807) is 0 Å². The van der Waals surface area contributed by atoms with Crippen molar-refractivity contribution in [3.05, 3.63) is 23.3 Å². The number of ether oxygens (including phenoxy) is 2. The Labute approximate surface area is 108 Å². The van der Waals surface area contributed by atoms with Gasteiger partial charge in [0.25, 0.3) is 0 Å². The highest BCUT2D eigenvalue weighted by molar-refractivity contribution is 5.48. The molecule has 3 rings (SSSR count). The molecule has 1 unspecified atom stereocenters. The van der Waals surface area contributed by atoms with Gasteiger partial charge < -0.3 is 20.1 Å². The van der Waals surface area contributed by atoms with Gasteiger partial charge in [-0.2, -0.15) is 0 Å². The minimum Gasteiger partial charge on any atom is -0.454 e. The van der Waals surface area contributed by atoms with Crippen molar-refractivity contribution in [1.82, 2.24) is 10.6 Å². The first-order valence-electron chi connectivity index (χ1n) is 6.63. The average Bonchev–Trinajstić information content (AvgIpc) is 3.00. The summed E-state index contributed by atoms with van der Waals surface area (Å²) in [4.78, 5) is 0. The molecule has 2 heterocycles. The monoisotopic (exact) mass is 248 g/mol. The third kappa shape index (κ3) is 2.44. The van der Waals surface area contributed by atoms with Crippen LogP contribution in [0.5, 0.6) is 11.5 Å². The summed E-state index contributed by atoms with van der Waals surface area (Å²) < 4.78 is 10.8. The summed E-state index contributed by atoms with van der Waals surface area (Å²) in [5, 5.41) is 6.93. The molecule has 2 aliphatic heterocycles. The molecule has 2 N–H and O–H groups in total. The molecule has 1 fully saturated rings. The lowest BCUT2D eigenvalue weighted by Gasteiger charge is -2.12. The Bertz CT molecular complexity index is 428. The van der Waals surface area contributed by atoms with Crippen molar-refractivity contribution < 1.29 is 9.47 Å². The van der Waals surface area contributed by atoms with Crippen molar-refractivity contribution in [3.63, 3.8) is 0 Å². The van der Waals surface area contributed by atoms with Crippen LogP contribution >= 0.6 is 0 Å². The van der Waals surface area contributed by atoms with Gasteiger partial charge >= 0.3 is 0 Å². The van der Waals surface area contributed by atoms with Crippen LogP contribution in [0.1, 0.15) is 17.5 Å². The van der Waals surface area contributed by atoms with E-state index < -0.39 is 0 Å². The van der Waals surface area contributed by atoms with Crippen LogP contribution in [0.3, 0.4) is 0 Å². The topological polar surface area (TPSA) is 42.5 Å². The minimum atomic E-state index is 0.347. The van der Waals surface area contributed by atoms with E-state index in [-0.39, 0.29) is 0 Å². The summed E-state index contributed by atoms with van der Waals surface area (Å²) in [6.07, 6.45) is 1.28. The van der Waals surface area contributed by atoms with E-state index in [0.717, 1.165) is 43.6 Å². The molecule has 0 bridgehead atoms. The molecule has 1 saturated heterocycles. The molecular weight excluding hydrogens is 228 g/mol. The Morgan fingerprint density at radius 3 is 2.94 bits per heavy atom. The van der Waals surface area contributed by atoms with E-state index in [2.05, 4.69) is 29.7 Å². The lowest BCUT2D eigenvalue weighted by molar-refractivity contribution is 0.174. The van der Waals surface area contributed by atoms with Crippen LogP contribution in [0, 0.1) is 12.8 Å². The largest absolute Gasteiger partial charge is 0.454 e. The number of benzene rings is 1. The van der Waals surface area contributed by atoms with Crippen LogP contribution in [0.15, 0.2) is 12.1 Å². The van der Waals surface area contributed by atoms with Crippen LogP contribution in [-0.2, 0) is 6.54 Å². The van der Waals surface area contributed by atoms with E-state index in [9.17, 15) is 0 Å². The summed E-state index contributed by atoms with van der Waals surface area (Å²) >= 11 is 0. The Kier molecular flexibility index (Phi) is 3.39. The highest BCUT2D eigenvalue weighted by Gasteiger charge is 2.16. The lowest BCUT2D eigenvalue weighted by atomic mass is 10.1. The molecule has 18 heavy (non-hydrogen) atoms. The summed E-state index contributed by atoms with van der Waals surface area (Å²) in [5.74, 6) is 2.52. The fraction of sp³-hybridized carbons (Fsp3) is 0.571. The van der Waals surface area contributed by atoms with Crippen LogP contribution in [0.4, 0.5) is 0 Å². The molecule has 1 atom stereocenters. The van der Waals surface area contributed by atoms with Crippen molar-refractivity contribution in [3.8, 4) is 11.5 Å². The Balaban J connectivity index is 1.58. The molecular formula is C14H20N2O2. The Hall–Kier alpha value is -1.26. The molecule has 0 aromatic heterocycles. The van der Waals surface area contributed by atoms with Gasteiger partial charge in [-0.25, -0.2) is 0 Å². The molecule has 4 heteroatoms. The smallest absolute Gasteiger partial charge is 0.231 e. The van der Waals surface area contributed by atoms with Gasteiger partial charge in [0.1, 0.15) is 0 Å². The zero-order valence-electron chi connectivity index (χ0n) is 10.8. The van der Waals surface area contributed by atoms with Gasteiger partial charge in [0, 0.05) is 6.54 Å². The van der Waals surface area contributed by atoms with Crippen LogP contribution in [0.25, 0.3) is 0 Å². The van der Waals surface area contributed by atoms with Crippen molar-refractivity contribution in [2.24, 2.45) is 5.92 Å². The number of aryl methyl sites for hydroxylation is 1. The third-order valence-corrected chi connectivity index (χ3v) is 3.74. The third-order valence-electron chi connectivity index (χ3n) is 3.74. The minimum absolute atomic E-state index is 0.347. The number of fused-ring (bicyclic) bond motifs is 1. The zero-order chi connectivity index (χ0) is 12.4. The highest BCUT2D eigenvalue weighted by atomic mass is 16.7. The number of hydrogen-bond acceptors (Lipinski definition) is 4. The predicted octanol–water partition coefficient (Wildman–Crippen LogP) is 1.42. The molecule has 98 valence electrons. The Morgan fingerprint density at radius 1 is 1.33 bits per heavy atom. The van der Waals surface area contributed by atoms with E-state index in [1.165, 1.54) is 17.5 Å².